The molecular formula is C36H65N4O10P. The second-order valence-electron chi connectivity index (χ2n) is 13.2. The van der Waals surface area contributed by atoms with Crippen LogP contribution in [0.1, 0.15) is 155 Å². The zero-order valence-electron chi connectivity index (χ0n) is 30.7. The van der Waals surface area contributed by atoms with Gasteiger partial charge in [-0.2, -0.15) is 0 Å². The van der Waals surface area contributed by atoms with E-state index >= 15 is 0 Å². The van der Waals surface area contributed by atoms with Crippen LogP contribution in [-0.4, -0.2) is 87.7 Å². The first-order chi connectivity index (χ1) is 24.4. The fourth-order valence-corrected chi connectivity index (χ4v) is 5.95. The predicted octanol–water partition coefficient (Wildman–Crippen LogP) is 4.68. The minimum absolute atomic E-state index is 0.0197. The van der Waals surface area contributed by atoms with Crippen LogP contribution in [0.4, 0.5) is 0 Å². The lowest BCUT2D eigenvalue weighted by Gasteiger charge is -2.17. The van der Waals surface area contributed by atoms with Gasteiger partial charge in [0.05, 0.1) is 6.04 Å². The lowest BCUT2D eigenvalue weighted by molar-refractivity contribution is -0.143. The molecule has 0 rings (SSSR count). The normalized spacial score (nSPS) is 12.7. The van der Waals surface area contributed by atoms with Crippen molar-refractivity contribution < 1.29 is 48.9 Å². The molecule has 14 nitrogen and oxygen atoms in total. The first-order valence-electron chi connectivity index (χ1n) is 18.9. The Hall–Kier alpha value is -3.12. The van der Waals surface area contributed by atoms with Crippen molar-refractivity contribution in [2.24, 2.45) is 0 Å². The van der Waals surface area contributed by atoms with E-state index in [-0.39, 0.29) is 56.0 Å². The lowest BCUT2D eigenvalue weighted by atomic mass is 10.0. The van der Waals surface area contributed by atoms with E-state index in [1.807, 2.05) is 6.92 Å². The van der Waals surface area contributed by atoms with E-state index in [1.54, 1.807) is 0 Å². The van der Waals surface area contributed by atoms with E-state index in [0.29, 0.717) is 38.8 Å². The van der Waals surface area contributed by atoms with Crippen molar-refractivity contribution in [2.75, 3.05) is 13.1 Å². The summed E-state index contributed by atoms with van der Waals surface area (Å²) in [5.74, 6) is -4.78. The number of unbranched alkanes of at least 4 members (excludes halogenated alkanes) is 14. The van der Waals surface area contributed by atoms with Gasteiger partial charge in [-0.1, -0.05) is 93.2 Å². The Morgan fingerprint density at radius 1 is 0.490 bits per heavy atom. The summed E-state index contributed by atoms with van der Waals surface area (Å²) in [5, 5.41) is 38.3. The Morgan fingerprint density at radius 3 is 1.31 bits per heavy atom. The zero-order valence-corrected chi connectivity index (χ0v) is 31.8. The van der Waals surface area contributed by atoms with E-state index in [0.717, 1.165) is 51.4 Å². The average molecular weight is 745 g/mol. The molecule has 0 aliphatic carbocycles. The summed E-state index contributed by atoms with van der Waals surface area (Å²) in [4.78, 5) is 82.4. The van der Waals surface area contributed by atoms with Crippen molar-refractivity contribution in [1.29, 1.82) is 0 Å². The molecule has 0 aliphatic rings. The van der Waals surface area contributed by atoms with E-state index in [1.165, 1.54) is 32.1 Å². The molecule has 294 valence electrons. The number of carboxylic acids is 3. The summed E-state index contributed by atoms with van der Waals surface area (Å²) in [7, 11) is 2.17. The van der Waals surface area contributed by atoms with Gasteiger partial charge in [-0.15, -0.1) is 0 Å². The monoisotopic (exact) mass is 744 g/mol. The Bertz CT molecular complexity index is 1050. The molecular weight excluding hydrogens is 679 g/mol. The van der Waals surface area contributed by atoms with Gasteiger partial charge in [0.15, 0.2) is 5.52 Å². The summed E-state index contributed by atoms with van der Waals surface area (Å²) in [6.45, 7) is 2.96. The van der Waals surface area contributed by atoms with Gasteiger partial charge in [0.1, 0.15) is 12.1 Å². The minimum Gasteiger partial charge on any atom is -0.481 e. The average Bonchev–Trinajstić information content (AvgIpc) is 3.07. The number of hydrogen-bond donors (Lipinski definition) is 7. The van der Waals surface area contributed by atoms with Gasteiger partial charge in [0.2, 0.25) is 17.7 Å². The highest BCUT2D eigenvalue weighted by molar-refractivity contribution is 7.40. The van der Waals surface area contributed by atoms with Crippen molar-refractivity contribution in [1.82, 2.24) is 21.3 Å². The van der Waals surface area contributed by atoms with Crippen LogP contribution in [0.15, 0.2) is 0 Å². The quantitative estimate of drug-likeness (QED) is 0.0348. The number of carboxylic acid groups (broad SMARTS) is 3. The molecule has 0 spiro atoms. The Kier molecular flexibility index (Phi) is 29.7. The summed E-state index contributed by atoms with van der Waals surface area (Å²) in [6.07, 6.45) is 16.4. The summed E-state index contributed by atoms with van der Waals surface area (Å²) < 4.78 is 0. The highest BCUT2D eigenvalue weighted by Crippen LogP contribution is 2.14. The van der Waals surface area contributed by atoms with Crippen molar-refractivity contribution in [3.8, 4) is 0 Å². The Morgan fingerprint density at radius 2 is 0.902 bits per heavy atom. The van der Waals surface area contributed by atoms with Crippen LogP contribution in [0, 0.1) is 0 Å². The van der Waals surface area contributed by atoms with E-state index < -0.39 is 41.8 Å². The van der Waals surface area contributed by atoms with Crippen LogP contribution < -0.4 is 21.3 Å². The smallest absolute Gasteiger partial charge is 0.326 e. The number of rotatable bonds is 35. The number of carbonyl (C=O) groups is 7. The van der Waals surface area contributed by atoms with E-state index in [2.05, 4.69) is 30.5 Å². The zero-order chi connectivity index (χ0) is 38.3. The number of aliphatic carboxylic acids is 3. The van der Waals surface area contributed by atoms with E-state index in [9.17, 15) is 43.8 Å². The lowest BCUT2D eigenvalue weighted by Crippen LogP contribution is -2.44. The SMILES string of the molecule is CCN[C@@H](CCCCNC(=O)CC[C@H](NC(=O)CC[C@H](NC(=O)CCCCCCCCCCCCCCCCC(=O)O)C(=O)O)C(=O)O)C(=O)P. The van der Waals surface area contributed by atoms with Gasteiger partial charge in [-0.3, -0.25) is 24.0 Å². The molecule has 0 saturated heterocycles. The van der Waals surface area contributed by atoms with Gasteiger partial charge in [0, 0.05) is 32.2 Å². The molecule has 7 N–H and O–H groups in total. The molecule has 51 heavy (non-hydrogen) atoms. The molecule has 0 radical (unpaired) electrons. The fraction of sp³-hybridized carbons (Fsp3) is 0.806. The molecule has 0 bridgehead atoms. The van der Waals surface area contributed by atoms with Crippen LogP contribution in [0.5, 0.6) is 0 Å². The van der Waals surface area contributed by atoms with Crippen LogP contribution in [-0.2, 0) is 33.6 Å². The topological polar surface area (TPSA) is 228 Å². The number of likely N-dealkylation sites (N-methyl/N-ethyl adjacent to an activating group) is 1. The fourth-order valence-electron chi connectivity index (χ4n) is 5.66. The third kappa shape index (κ3) is 29.2. The predicted molar refractivity (Wildman–Crippen MR) is 198 cm³/mol. The second-order valence-corrected chi connectivity index (χ2v) is 13.8. The van der Waals surface area contributed by atoms with E-state index in [4.69, 9.17) is 5.11 Å². The maximum atomic E-state index is 12.4. The highest BCUT2D eigenvalue weighted by atomic mass is 31.0. The number of hydrogen-bond acceptors (Lipinski definition) is 8. The first kappa shape index (κ1) is 47.9. The van der Waals surface area contributed by atoms with Gasteiger partial charge >= 0.3 is 17.9 Å². The molecule has 0 heterocycles. The van der Waals surface area contributed by atoms with Crippen molar-refractivity contribution in [3.05, 3.63) is 0 Å². The molecule has 4 atom stereocenters. The molecule has 1 unspecified atom stereocenters. The second kappa shape index (κ2) is 31.6. The number of amides is 3. The third-order valence-electron chi connectivity index (χ3n) is 8.67. The van der Waals surface area contributed by atoms with Crippen LogP contribution in [0.2, 0.25) is 0 Å². The third-order valence-corrected chi connectivity index (χ3v) is 9.07. The number of nitrogens with one attached hydrogen (secondary N) is 4. The first-order valence-corrected chi connectivity index (χ1v) is 19.5. The maximum Gasteiger partial charge on any atom is 0.326 e. The number of carbonyl (C=O) groups excluding carboxylic acids is 4. The van der Waals surface area contributed by atoms with Gasteiger partial charge < -0.3 is 36.6 Å². The Balaban J connectivity index is 4.11. The molecule has 0 aliphatic heterocycles. The van der Waals surface area contributed by atoms with Crippen molar-refractivity contribution in [2.45, 2.75) is 173 Å². The van der Waals surface area contributed by atoms with Gasteiger partial charge in [-0.05, 0) is 51.5 Å². The summed E-state index contributed by atoms with van der Waals surface area (Å²) in [5.41, 5.74) is -0.0197. The highest BCUT2D eigenvalue weighted by Gasteiger charge is 2.24. The molecule has 0 aromatic rings. The van der Waals surface area contributed by atoms with Gasteiger partial charge in [-0.25, -0.2) is 9.59 Å². The summed E-state index contributed by atoms with van der Waals surface area (Å²) in [6, 6.07) is -2.85. The largest absolute Gasteiger partial charge is 0.481 e. The minimum atomic E-state index is -1.32. The van der Waals surface area contributed by atoms with Gasteiger partial charge in [0.25, 0.3) is 0 Å². The molecule has 0 fully saturated rings. The molecule has 0 saturated carbocycles. The molecule has 3 amide bonds. The van der Waals surface area contributed by atoms with Crippen LogP contribution >= 0.6 is 9.24 Å². The van der Waals surface area contributed by atoms with Crippen molar-refractivity contribution in [3.63, 3.8) is 0 Å². The molecule has 15 heteroatoms. The maximum absolute atomic E-state index is 12.4. The van der Waals surface area contributed by atoms with Crippen LogP contribution in [0.25, 0.3) is 0 Å². The summed E-state index contributed by atoms with van der Waals surface area (Å²) >= 11 is 0. The van der Waals surface area contributed by atoms with Crippen LogP contribution in [0.3, 0.4) is 0 Å². The standard InChI is InChI=1S/C36H65N4O10P/c1-2-37-29(36(50)51)19-17-18-26-38-30(41)24-22-27(34(46)47)40-32(43)25-23-28(35(48)49)39-31(42)20-15-13-11-9-7-5-3-4-6-8-10-12-14-16-21-33(44)45/h27-29,37H,2-26,51H2,1H3,(H,38,41)(H,39,42)(H,40,43)(H,44,45)(H,46,47)(H,48,49)/t27-,28-,29-/m0/s1. The molecule has 0 aromatic carbocycles. The molecule has 0 aromatic heterocycles. The Labute approximate surface area is 306 Å². The van der Waals surface area contributed by atoms with Crippen molar-refractivity contribution >= 4 is 50.4 Å².